The number of rotatable bonds is 8. The van der Waals surface area contributed by atoms with Crippen molar-refractivity contribution in [3.8, 4) is 5.75 Å². The van der Waals surface area contributed by atoms with Gasteiger partial charge in [0.2, 0.25) is 0 Å². The van der Waals surface area contributed by atoms with Gasteiger partial charge in [0.1, 0.15) is 18.1 Å². The second-order valence-corrected chi connectivity index (χ2v) is 6.03. The van der Waals surface area contributed by atoms with Crippen LogP contribution in [-0.2, 0) is 27.5 Å². The Morgan fingerprint density at radius 1 is 1.11 bits per heavy atom. The molecule has 3 aromatic rings. The van der Waals surface area contributed by atoms with Crippen LogP contribution < -0.4 is 4.74 Å². The van der Waals surface area contributed by atoms with Crippen molar-refractivity contribution in [3.63, 3.8) is 0 Å². The van der Waals surface area contributed by atoms with Crippen LogP contribution in [0, 0.1) is 0 Å². The van der Waals surface area contributed by atoms with E-state index in [0.29, 0.717) is 18.0 Å². The fourth-order valence-corrected chi connectivity index (χ4v) is 2.76. The number of carbonyl (C=O) groups excluding carboxylic acids is 1. The second kappa shape index (κ2) is 8.35. The predicted octanol–water partition coefficient (Wildman–Crippen LogP) is 3.00. The maximum Gasteiger partial charge on any atom is 0.306 e. The van der Waals surface area contributed by atoms with Gasteiger partial charge in [0.15, 0.2) is 0 Å². The number of carboxylic acids is 1. The van der Waals surface area contributed by atoms with Gasteiger partial charge >= 0.3 is 11.9 Å². The number of fused-ring (bicyclic) bond motifs is 1. The molecule has 27 heavy (non-hydrogen) atoms. The number of nitrogens with zero attached hydrogens (tertiary/aromatic N) is 2. The van der Waals surface area contributed by atoms with E-state index in [2.05, 4.69) is 5.10 Å². The molecule has 2 aromatic carbocycles. The standard InChI is InChI=1S/C20H20N2O5/c1-26-15-7-8-16-17(13-27-20(25)10-9-19(23)24)21-22(18(16)11-15)12-14-5-3-2-4-6-14/h2-8,11H,9-10,12-13H2,1H3,(H,23,24). The molecule has 0 bridgehead atoms. The fourth-order valence-electron chi connectivity index (χ4n) is 2.76. The maximum atomic E-state index is 11.7. The first-order valence-corrected chi connectivity index (χ1v) is 8.51. The lowest BCUT2D eigenvalue weighted by Gasteiger charge is -2.05. The Kier molecular flexibility index (Phi) is 5.71. The molecule has 1 aromatic heterocycles. The highest BCUT2D eigenvalue weighted by Gasteiger charge is 2.14. The third-order valence-corrected chi connectivity index (χ3v) is 4.12. The number of hydrogen-bond acceptors (Lipinski definition) is 5. The van der Waals surface area contributed by atoms with Gasteiger partial charge in [-0.1, -0.05) is 30.3 Å². The smallest absolute Gasteiger partial charge is 0.306 e. The minimum absolute atomic E-state index is 0.0108. The number of carbonyl (C=O) groups is 2. The SMILES string of the molecule is COc1ccc2c(COC(=O)CCC(=O)O)nn(Cc3ccccc3)c2c1. The first-order valence-electron chi connectivity index (χ1n) is 8.51. The van der Waals surface area contributed by atoms with Crippen molar-refractivity contribution in [1.29, 1.82) is 0 Å². The molecule has 7 nitrogen and oxygen atoms in total. The van der Waals surface area contributed by atoms with E-state index in [1.165, 1.54) is 0 Å². The molecule has 0 radical (unpaired) electrons. The summed E-state index contributed by atoms with van der Waals surface area (Å²) >= 11 is 0. The van der Waals surface area contributed by atoms with Gasteiger partial charge in [0.05, 0.1) is 32.0 Å². The fraction of sp³-hybridized carbons (Fsp3) is 0.250. The molecular formula is C20H20N2O5. The Labute approximate surface area is 156 Å². The van der Waals surface area contributed by atoms with Crippen molar-refractivity contribution in [2.24, 2.45) is 0 Å². The number of ether oxygens (including phenoxy) is 2. The Balaban J connectivity index is 1.84. The maximum absolute atomic E-state index is 11.7. The average Bonchev–Trinajstić information content (AvgIpc) is 3.02. The molecule has 0 fully saturated rings. The average molecular weight is 368 g/mol. The molecule has 0 atom stereocenters. The van der Waals surface area contributed by atoms with Crippen LogP contribution in [0.25, 0.3) is 10.9 Å². The Hall–Kier alpha value is -3.35. The number of aliphatic carboxylic acids is 1. The van der Waals surface area contributed by atoms with E-state index in [0.717, 1.165) is 16.5 Å². The summed E-state index contributed by atoms with van der Waals surface area (Å²) in [6.45, 7) is 0.556. The summed E-state index contributed by atoms with van der Waals surface area (Å²) in [5.41, 5.74) is 2.58. The van der Waals surface area contributed by atoms with Crippen molar-refractivity contribution in [2.75, 3.05) is 7.11 Å². The molecule has 0 spiro atoms. The molecule has 0 aliphatic rings. The Bertz CT molecular complexity index is 950. The molecule has 0 saturated heterocycles. The van der Waals surface area contributed by atoms with Crippen molar-refractivity contribution < 1.29 is 24.2 Å². The van der Waals surface area contributed by atoms with Gasteiger partial charge in [-0.15, -0.1) is 0 Å². The third-order valence-electron chi connectivity index (χ3n) is 4.12. The molecule has 0 amide bonds. The number of benzene rings is 2. The molecule has 0 saturated carbocycles. The predicted molar refractivity (Wildman–Crippen MR) is 98.5 cm³/mol. The number of esters is 1. The lowest BCUT2D eigenvalue weighted by Crippen LogP contribution is -2.08. The molecule has 0 aliphatic heterocycles. The number of methoxy groups -OCH3 is 1. The minimum Gasteiger partial charge on any atom is -0.497 e. The highest BCUT2D eigenvalue weighted by atomic mass is 16.5. The topological polar surface area (TPSA) is 90.7 Å². The first kappa shape index (κ1) is 18.4. The summed E-state index contributed by atoms with van der Waals surface area (Å²) in [7, 11) is 1.60. The van der Waals surface area contributed by atoms with Gasteiger partial charge in [0, 0.05) is 11.5 Å². The summed E-state index contributed by atoms with van der Waals surface area (Å²) in [5.74, 6) is -0.880. The van der Waals surface area contributed by atoms with Crippen molar-refractivity contribution in [1.82, 2.24) is 9.78 Å². The summed E-state index contributed by atoms with van der Waals surface area (Å²) in [6, 6.07) is 15.5. The lowest BCUT2D eigenvalue weighted by atomic mass is 10.2. The van der Waals surface area contributed by atoms with Crippen LogP contribution in [-0.4, -0.2) is 33.9 Å². The van der Waals surface area contributed by atoms with E-state index in [4.69, 9.17) is 14.6 Å². The summed E-state index contributed by atoms with van der Waals surface area (Å²) in [4.78, 5) is 22.3. The zero-order valence-corrected chi connectivity index (χ0v) is 14.9. The van der Waals surface area contributed by atoms with Gasteiger partial charge in [-0.3, -0.25) is 14.3 Å². The summed E-state index contributed by atoms with van der Waals surface area (Å²) < 4.78 is 12.3. The minimum atomic E-state index is -1.03. The lowest BCUT2D eigenvalue weighted by molar-refractivity contribution is -0.148. The van der Waals surface area contributed by atoms with Gasteiger partial charge in [-0.2, -0.15) is 5.10 Å². The molecule has 1 N–H and O–H groups in total. The van der Waals surface area contributed by atoms with Crippen molar-refractivity contribution >= 4 is 22.8 Å². The van der Waals surface area contributed by atoms with Crippen LogP contribution in [0.3, 0.4) is 0 Å². The van der Waals surface area contributed by atoms with Crippen LogP contribution >= 0.6 is 0 Å². The number of carboxylic acid groups (broad SMARTS) is 1. The van der Waals surface area contributed by atoms with E-state index in [-0.39, 0.29) is 19.4 Å². The molecule has 0 aliphatic carbocycles. The van der Waals surface area contributed by atoms with Crippen LogP contribution in [0.1, 0.15) is 24.1 Å². The van der Waals surface area contributed by atoms with Crippen LogP contribution in [0.5, 0.6) is 5.75 Å². The molecule has 0 unspecified atom stereocenters. The van der Waals surface area contributed by atoms with Gasteiger partial charge in [-0.25, -0.2) is 0 Å². The van der Waals surface area contributed by atoms with E-state index in [9.17, 15) is 9.59 Å². The molecule has 3 rings (SSSR count). The largest absolute Gasteiger partial charge is 0.497 e. The quantitative estimate of drug-likeness (QED) is 0.615. The van der Waals surface area contributed by atoms with E-state index in [1.54, 1.807) is 7.11 Å². The van der Waals surface area contributed by atoms with E-state index >= 15 is 0 Å². The molecule has 1 heterocycles. The van der Waals surface area contributed by atoms with Crippen molar-refractivity contribution in [2.45, 2.75) is 26.0 Å². The highest BCUT2D eigenvalue weighted by Crippen LogP contribution is 2.25. The molecule has 7 heteroatoms. The van der Waals surface area contributed by atoms with Crippen LogP contribution in [0.15, 0.2) is 48.5 Å². The van der Waals surface area contributed by atoms with Crippen LogP contribution in [0.2, 0.25) is 0 Å². The highest BCUT2D eigenvalue weighted by molar-refractivity contribution is 5.84. The number of hydrogen-bond donors (Lipinski definition) is 1. The molecular weight excluding hydrogens is 348 g/mol. The normalized spacial score (nSPS) is 10.7. The van der Waals surface area contributed by atoms with E-state index in [1.807, 2.05) is 53.2 Å². The molecule has 140 valence electrons. The van der Waals surface area contributed by atoms with E-state index < -0.39 is 11.9 Å². The van der Waals surface area contributed by atoms with Crippen LogP contribution in [0.4, 0.5) is 0 Å². The monoisotopic (exact) mass is 368 g/mol. The zero-order chi connectivity index (χ0) is 19.2. The number of aromatic nitrogens is 2. The Morgan fingerprint density at radius 3 is 2.59 bits per heavy atom. The van der Waals surface area contributed by atoms with Gasteiger partial charge in [0.25, 0.3) is 0 Å². The third kappa shape index (κ3) is 4.63. The second-order valence-electron chi connectivity index (χ2n) is 6.03. The van der Waals surface area contributed by atoms with Gasteiger partial charge in [-0.05, 0) is 17.7 Å². The summed E-state index contributed by atoms with van der Waals surface area (Å²) in [5, 5.41) is 14.1. The van der Waals surface area contributed by atoms with Crippen molar-refractivity contribution in [3.05, 3.63) is 59.8 Å². The Morgan fingerprint density at radius 2 is 1.89 bits per heavy atom. The first-order chi connectivity index (χ1) is 13.1. The van der Waals surface area contributed by atoms with Gasteiger partial charge < -0.3 is 14.6 Å². The zero-order valence-electron chi connectivity index (χ0n) is 14.9. The summed E-state index contributed by atoms with van der Waals surface area (Å²) in [6.07, 6.45) is -0.412.